The highest BCUT2D eigenvalue weighted by Gasteiger charge is 2.19. The molecule has 4 nitrogen and oxygen atoms in total. The summed E-state index contributed by atoms with van der Waals surface area (Å²) in [7, 11) is 0. The number of esters is 1. The highest BCUT2D eigenvalue weighted by Crippen LogP contribution is 2.30. The predicted octanol–water partition coefficient (Wildman–Crippen LogP) is 5.94. The van der Waals surface area contributed by atoms with E-state index in [0.29, 0.717) is 21.5 Å². The summed E-state index contributed by atoms with van der Waals surface area (Å²) in [5.74, 6) is -0.0325. The minimum atomic E-state index is -0.416. The summed E-state index contributed by atoms with van der Waals surface area (Å²) in [6, 6.07) is 12.5. The fourth-order valence-corrected chi connectivity index (χ4v) is 3.09. The van der Waals surface area contributed by atoms with E-state index in [2.05, 4.69) is 5.10 Å². The SMILES string of the molecule is Cc1cc(OC(=O)c2ccc(C)c(C)c2)n(C(C)c2ccc(Cl)c(Cl)c2)n1. The van der Waals surface area contributed by atoms with Crippen molar-refractivity contribution in [3.8, 4) is 5.88 Å². The van der Waals surface area contributed by atoms with Crippen molar-refractivity contribution in [1.29, 1.82) is 0 Å². The lowest BCUT2D eigenvalue weighted by Gasteiger charge is -2.16. The molecule has 0 spiro atoms. The Morgan fingerprint density at radius 1 is 1.00 bits per heavy atom. The van der Waals surface area contributed by atoms with Crippen molar-refractivity contribution < 1.29 is 9.53 Å². The Bertz CT molecular complexity index is 1010. The highest BCUT2D eigenvalue weighted by molar-refractivity contribution is 6.42. The van der Waals surface area contributed by atoms with E-state index in [4.69, 9.17) is 27.9 Å². The van der Waals surface area contributed by atoms with Crippen LogP contribution < -0.4 is 4.74 Å². The minimum absolute atomic E-state index is 0.184. The van der Waals surface area contributed by atoms with Gasteiger partial charge in [-0.3, -0.25) is 0 Å². The number of rotatable bonds is 4. The molecule has 1 unspecified atom stereocenters. The number of carbonyl (C=O) groups excluding carboxylic acids is 1. The molecule has 0 saturated heterocycles. The molecule has 0 amide bonds. The Labute approximate surface area is 168 Å². The van der Waals surface area contributed by atoms with E-state index in [1.54, 1.807) is 28.9 Å². The topological polar surface area (TPSA) is 44.1 Å². The molecular formula is C21H20Cl2N2O2. The van der Waals surface area contributed by atoms with Crippen LogP contribution in [0.25, 0.3) is 0 Å². The molecule has 1 heterocycles. The van der Waals surface area contributed by atoms with Gasteiger partial charge >= 0.3 is 5.97 Å². The third-order valence-electron chi connectivity index (χ3n) is 4.56. The van der Waals surface area contributed by atoms with E-state index >= 15 is 0 Å². The fourth-order valence-electron chi connectivity index (χ4n) is 2.78. The maximum atomic E-state index is 12.6. The van der Waals surface area contributed by atoms with Crippen LogP contribution in [0.3, 0.4) is 0 Å². The third-order valence-corrected chi connectivity index (χ3v) is 5.30. The van der Waals surface area contributed by atoms with Gasteiger partial charge in [-0.05, 0) is 68.7 Å². The number of nitrogens with zero attached hydrogens (tertiary/aromatic N) is 2. The molecule has 1 atom stereocenters. The lowest BCUT2D eigenvalue weighted by atomic mass is 10.1. The van der Waals surface area contributed by atoms with Crippen LogP contribution >= 0.6 is 23.2 Å². The van der Waals surface area contributed by atoms with Crippen molar-refractivity contribution in [1.82, 2.24) is 9.78 Å². The Morgan fingerprint density at radius 3 is 2.41 bits per heavy atom. The van der Waals surface area contributed by atoms with Crippen molar-refractivity contribution in [2.45, 2.75) is 33.7 Å². The second-order valence-electron chi connectivity index (χ2n) is 6.61. The Kier molecular flexibility index (Phi) is 5.59. The summed E-state index contributed by atoms with van der Waals surface area (Å²) in [5, 5.41) is 5.44. The average Bonchev–Trinajstić information content (AvgIpc) is 2.99. The van der Waals surface area contributed by atoms with Gasteiger partial charge in [-0.25, -0.2) is 9.48 Å². The van der Waals surface area contributed by atoms with Crippen molar-refractivity contribution in [3.05, 3.63) is 80.5 Å². The first-order valence-electron chi connectivity index (χ1n) is 8.57. The largest absolute Gasteiger partial charge is 0.404 e. The quantitative estimate of drug-likeness (QED) is 0.506. The number of ether oxygens (including phenoxy) is 1. The van der Waals surface area contributed by atoms with Gasteiger partial charge in [0.15, 0.2) is 0 Å². The van der Waals surface area contributed by atoms with E-state index in [9.17, 15) is 4.79 Å². The summed E-state index contributed by atoms with van der Waals surface area (Å²) in [5.41, 5.74) is 4.34. The maximum absolute atomic E-state index is 12.6. The van der Waals surface area contributed by atoms with Gasteiger partial charge in [0.2, 0.25) is 5.88 Å². The standard InChI is InChI=1S/C21H20Cl2N2O2/c1-12-5-6-17(9-13(12)2)21(26)27-20-10-14(3)24-25(20)15(4)16-7-8-18(22)19(23)11-16/h5-11,15H,1-4H3. The Hall–Kier alpha value is -2.30. The van der Waals surface area contributed by atoms with Crippen LogP contribution in [0, 0.1) is 20.8 Å². The van der Waals surface area contributed by atoms with E-state index < -0.39 is 5.97 Å². The van der Waals surface area contributed by atoms with Gasteiger partial charge in [0.05, 0.1) is 27.3 Å². The normalized spacial score (nSPS) is 12.1. The van der Waals surface area contributed by atoms with Gasteiger partial charge in [-0.1, -0.05) is 35.3 Å². The third kappa shape index (κ3) is 4.18. The monoisotopic (exact) mass is 402 g/mol. The van der Waals surface area contributed by atoms with Crippen LogP contribution in [-0.4, -0.2) is 15.7 Å². The molecule has 3 rings (SSSR count). The first-order chi connectivity index (χ1) is 12.8. The first kappa shape index (κ1) is 19.5. The summed E-state index contributed by atoms with van der Waals surface area (Å²) < 4.78 is 7.32. The molecule has 2 aromatic carbocycles. The molecule has 1 aromatic heterocycles. The molecule has 0 aliphatic carbocycles. The molecule has 0 aliphatic heterocycles. The molecular weight excluding hydrogens is 383 g/mol. The average molecular weight is 403 g/mol. The van der Waals surface area contributed by atoms with Crippen LogP contribution in [0.1, 0.15) is 45.7 Å². The molecule has 0 N–H and O–H groups in total. The fraction of sp³-hybridized carbons (Fsp3) is 0.238. The molecule has 0 radical (unpaired) electrons. The molecule has 0 bridgehead atoms. The summed E-state index contributed by atoms with van der Waals surface area (Å²) in [6.07, 6.45) is 0. The molecule has 0 saturated carbocycles. The number of aromatic nitrogens is 2. The molecule has 0 aliphatic rings. The van der Waals surface area contributed by atoms with Crippen LogP contribution in [0.2, 0.25) is 10.0 Å². The molecule has 27 heavy (non-hydrogen) atoms. The van der Waals surface area contributed by atoms with E-state index in [-0.39, 0.29) is 6.04 Å². The zero-order valence-electron chi connectivity index (χ0n) is 15.6. The van der Waals surface area contributed by atoms with Crippen molar-refractivity contribution in [3.63, 3.8) is 0 Å². The van der Waals surface area contributed by atoms with Gasteiger partial charge in [0.1, 0.15) is 0 Å². The van der Waals surface area contributed by atoms with Gasteiger partial charge in [0.25, 0.3) is 0 Å². The van der Waals surface area contributed by atoms with Crippen LogP contribution in [0.15, 0.2) is 42.5 Å². The summed E-state index contributed by atoms with van der Waals surface area (Å²) in [4.78, 5) is 12.6. The predicted molar refractivity (Wildman–Crippen MR) is 108 cm³/mol. The molecule has 140 valence electrons. The van der Waals surface area contributed by atoms with Crippen LogP contribution in [0.4, 0.5) is 0 Å². The second kappa shape index (κ2) is 7.75. The molecule has 3 aromatic rings. The van der Waals surface area contributed by atoms with Crippen molar-refractivity contribution >= 4 is 29.2 Å². The van der Waals surface area contributed by atoms with Crippen molar-refractivity contribution in [2.75, 3.05) is 0 Å². The van der Waals surface area contributed by atoms with E-state index in [1.165, 1.54) is 0 Å². The van der Waals surface area contributed by atoms with Gasteiger partial charge in [-0.2, -0.15) is 5.10 Å². The maximum Gasteiger partial charge on any atom is 0.344 e. The Morgan fingerprint density at radius 2 is 1.74 bits per heavy atom. The number of carbonyl (C=O) groups is 1. The number of aryl methyl sites for hydroxylation is 3. The van der Waals surface area contributed by atoms with Crippen molar-refractivity contribution in [2.24, 2.45) is 0 Å². The van der Waals surface area contributed by atoms with E-state index in [1.807, 2.05) is 45.9 Å². The smallest absolute Gasteiger partial charge is 0.344 e. The minimum Gasteiger partial charge on any atom is -0.404 e. The van der Waals surface area contributed by atoms with Gasteiger partial charge in [0, 0.05) is 6.07 Å². The zero-order chi connectivity index (χ0) is 19.7. The van der Waals surface area contributed by atoms with Gasteiger partial charge in [-0.15, -0.1) is 0 Å². The van der Waals surface area contributed by atoms with Gasteiger partial charge < -0.3 is 4.74 Å². The lowest BCUT2D eigenvalue weighted by Crippen LogP contribution is -2.15. The first-order valence-corrected chi connectivity index (χ1v) is 9.32. The number of hydrogen-bond acceptors (Lipinski definition) is 3. The van der Waals surface area contributed by atoms with Crippen LogP contribution in [-0.2, 0) is 0 Å². The van der Waals surface area contributed by atoms with E-state index in [0.717, 1.165) is 22.4 Å². The zero-order valence-corrected chi connectivity index (χ0v) is 17.1. The highest BCUT2D eigenvalue weighted by atomic mass is 35.5. The number of halogens is 2. The number of benzene rings is 2. The second-order valence-corrected chi connectivity index (χ2v) is 7.42. The Balaban J connectivity index is 1.90. The summed E-state index contributed by atoms with van der Waals surface area (Å²) >= 11 is 12.1. The summed E-state index contributed by atoms with van der Waals surface area (Å²) in [6.45, 7) is 7.78. The lowest BCUT2D eigenvalue weighted by molar-refractivity contribution is 0.0716. The molecule has 0 fully saturated rings. The van der Waals surface area contributed by atoms with Crippen LogP contribution in [0.5, 0.6) is 5.88 Å². The number of hydrogen-bond donors (Lipinski definition) is 0. The molecule has 6 heteroatoms.